The molecule has 19 heteroatoms. The number of aryl methyl sites for hydroxylation is 1. The van der Waals surface area contributed by atoms with Crippen LogP contribution in [-0.2, 0) is 23.9 Å². The van der Waals surface area contributed by atoms with Crippen LogP contribution in [0.2, 0.25) is 5.02 Å². The van der Waals surface area contributed by atoms with Crippen molar-refractivity contribution in [3.8, 4) is 17.1 Å². The highest BCUT2D eigenvalue weighted by Crippen LogP contribution is 2.39. The molecule has 2 N–H and O–H groups in total. The van der Waals surface area contributed by atoms with E-state index in [4.69, 9.17) is 16.6 Å². The summed E-state index contributed by atoms with van der Waals surface area (Å²) >= 11 is 6.16. The number of fused-ring (bicyclic) bond motifs is 3. The number of benzene rings is 1. The van der Waals surface area contributed by atoms with E-state index in [0.717, 1.165) is 28.2 Å². The summed E-state index contributed by atoms with van der Waals surface area (Å²) in [6.07, 6.45) is 1.56. The van der Waals surface area contributed by atoms with Gasteiger partial charge in [0.05, 0.1) is 39.2 Å². The van der Waals surface area contributed by atoms with Crippen molar-refractivity contribution in [3.05, 3.63) is 93.1 Å². The summed E-state index contributed by atoms with van der Waals surface area (Å²) in [6.45, 7) is 3.48. The normalized spacial score (nSPS) is 17.1. The molecule has 0 bridgehead atoms. The molecule has 1 aromatic carbocycles. The molecule has 2 amide bonds. The summed E-state index contributed by atoms with van der Waals surface area (Å²) in [5.74, 6) is -1.07. The maximum absolute atomic E-state index is 14.6. The van der Waals surface area contributed by atoms with Crippen LogP contribution in [0.3, 0.4) is 0 Å². The predicted octanol–water partition coefficient (Wildman–Crippen LogP) is 4.38. The van der Waals surface area contributed by atoms with Crippen molar-refractivity contribution in [1.29, 1.82) is 0 Å². The van der Waals surface area contributed by atoms with E-state index in [1.807, 2.05) is 17.9 Å². The topological polar surface area (TPSA) is 168 Å². The molecule has 1 saturated carbocycles. The van der Waals surface area contributed by atoms with Gasteiger partial charge in [-0.05, 0) is 62.6 Å². The Labute approximate surface area is 308 Å². The first-order valence-electron chi connectivity index (χ1n) is 17.0. The van der Waals surface area contributed by atoms with Crippen LogP contribution < -0.4 is 15.8 Å². The van der Waals surface area contributed by atoms with Gasteiger partial charge in [0.15, 0.2) is 17.3 Å². The number of hydrogen-bond acceptors (Lipinski definition) is 10. The smallest absolute Gasteiger partial charge is 0.416 e. The minimum Gasteiger partial charge on any atom is -0.504 e. The van der Waals surface area contributed by atoms with Gasteiger partial charge in [-0.2, -0.15) is 27.8 Å². The second-order valence-electron chi connectivity index (χ2n) is 13.1. The predicted molar refractivity (Wildman–Crippen MR) is 190 cm³/mol. The molecule has 0 radical (unpaired) electrons. The highest BCUT2D eigenvalue weighted by atomic mass is 35.5. The first-order chi connectivity index (χ1) is 25.8. The quantitative estimate of drug-likeness (QED) is 0.238. The number of amides is 2. The number of carbonyl (C=O) groups excluding carboxylic acids is 2. The van der Waals surface area contributed by atoms with E-state index in [9.17, 15) is 32.7 Å². The number of carbonyl (C=O) groups is 2. The second kappa shape index (κ2) is 13.1. The number of piperazine rings is 1. The Morgan fingerprint density at radius 3 is 2.59 bits per heavy atom. The van der Waals surface area contributed by atoms with E-state index in [1.165, 1.54) is 6.33 Å². The maximum atomic E-state index is 14.6. The van der Waals surface area contributed by atoms with Gasteiger partial charge in [-0.25, -0.2) is 14.5 Å². The summed E-state index contributed by atoms with van der Waals surface area (Å²) in [7, 11) is 0. The highest BCUT2D eigenvalue weighted by molar-refractivity contribution is 6.33. The fourth-order valence-corrected chi connectivity index (χ4v) is 7.47. The number of alkyl halides is 3. The number of hydrogen-bond donors (Lipinski definition) is 2. The van der Waals surface area contributed by atoms with Crippen molar-refractivity contribution in [2.45, 2.75) is 57.9 Å². The van der Waals surface area contributed by atoms with Crippen LogP contribution in [0.4, 0.5) is 24.5 Å². The molecular weight excluding hydrogens is 731 g/mol. The Kier molecular flexibility index (Phi) is 8.51. The first-order valence-corrected chi connectivity index (χ1v) is 17.4. The molecule has 54 heavy (non-hydrogen) atoms. The van der Waals surface area contributed by atoms with Crippen molar-refractivity contribution >= 4 is 46.1 Å². The van der Waals surface area contributed by atoms with Crippen molar-refractivity contribution in [2.24, 2.45) is 0 Å². The van der Waals surface area contributed by atoms with Crippen molar-refractivity contribution in [1.82, 2.24) is 43.6 Å². The fourth-order valence-electron chi connectivity index (χ4n) is 7.24. The van der Waals surface area contributed by atoms with Gasteiger partial charge in [-0.3, -0.25) is 14.4 Å². The molecule has 278 valence electrons. The number of nitrogens with one attached hydrogen (secondary N) is 1. The minimum atomic E-state index is -4.62. The van der Waals surface area contributed by atoms with E-state index >= 15 is 0 Å². The third-order valence-corrected chi connectivity index (χ3v) is 10.3. The molecule has 6 aromatic rings. The van der Waals surface area contributed by atoms with E-state index in [0.29, 0.717) is 24.1 Å². The molecule has 0 spiro atoms. The molecule has 5 aromatic heterocycles. The summed E-state index contributed by atoms with van der Waals surface area (Å²) in [5.41, 5.74) is 0.841. The Morgan fingerprint density at radius 2 is 1.87 bits per heavy atom. The summed E-state index contributed by atoms with van der Waals surface area (Å²) in [5, 5.41) is 21.7. The molecule has 8 rings (SSSR count). The highest BCUT2D eigenvalue weighted by Gasteiger charge is 2.47. The zero-order valence-electron chi connectivity index (χ0n) is 28.7. The Bertz CT molecular complexity index is 2550. The van der Waals surface area contributed by atoms with Crippen LogP contribution in [0.15, 0.2) is 59.9 Å². The third kappa shape index (κ3) is 5.86. The molecule has 1 aliphatic heterocycles. The number of pyridine rings is 1. The number of rotatable bonds is 7. The van der Waals surface area contributed by atoms with E-state index in [1.54, 1.807) is 45.4 Å². The van der Waals surface area contributed by atoms with Crippen LogP contribution in [0.1, 0.15) is 47.2 Å². The molecule has 2 atom stereocenters. The molecule has 2 fully saturated rings. The number of nitrogens with zero attached hydrogens (tertiary/aromatic N) is 10. The SMILES string of the molecule is CCc1c(N2CCN(C(=O)c3ncnc(C)c3O)[C@H]3CC[C@H]32)c(=O)n2nc(-c3ccn4nccc4c3)nc2n1CC(=O)Nc1ccc(C(F)(F)F)cc1Cl. The molecule has 1 saturated heterocycles. The lowest BCUT2D eigenvalue weighted by Gasteiger charge is -2.54. The summed E-state index contributed by atoms with van der Waals surface area (Å²) in [4.78, 5) is 58.2. The average Bonchev–Trinajstić information content (AvgIpc) is 3.79. The van der Waals surface area contributed by atoms with Gasteiger partial charge in [-0.15, -0.1) is 5.10 Å². The molecule has 15 nitrogen and oxygen atoms in total. The molecule has 2 aliphatic rings. The number of aromatic hydroxyl groups is 1. The van der Waals surface area contributed by atoms with Crippen LogP contribution in [-0.4, -0.2) is 85.7 Å². The number of anilines is 2. The zero-order valence-corrected chi connectivity index (χ0v) is 29.5. The van der Waals surface area contributed by atoms with Gasteiger partial charge in [0.2, 0.25) is 11.7 Å². The van der Waals surface area contributed by atoms with Gasteiger partial charge in [0.1, 0.15) is 18.6 Å². The first kappa shape index (κ1) is 35.0. The Hall–Kier alpha value is -6.04. The third-order valence-electron chi connectivity index (χ3n) is 10.0. The molecule has 1 aliphatic carbocycles. The van der Waals surface area contributed by atoms with Crippen molar-refractivity contribution < 1.29 is 27.9 Å². The van der Waals surface area contributed by atoms with Crippen LogP contribution in [0, 0.1) is 6.92 Å². The lowest BCUT2D eigenvalue weighted by Crippen LogP contribution is -2.67. The lowest BCUT2D eigenvalue weighted by atomic mass is 9.81. The minimum absolute atomic E-state index is 0.0238. The number of aromatic nitrogens is 8. The molecular formula is C35H31ClF3N11O4. The van der Waals surface area contributed by atoms with E-state index < -0.39 is 35.7 Å². The van der Waals surface area contributed by atoms with Crippen LogP contribution in [0.25, 0.3) is 22.7 Å². The second-order valence-corrected chi connectivity index (χ2v) is 13.5. The van der Waals surface area contributed by atoms with Gasteiger partial charge >= 0.3 is 6.18 Å². The van der Waals surface area contributed by atoms with Crippen LogP contribution in [0.5, 0.6) is 5.75 Å². The monoisotopic (exact) mass is 761 g/mol. The molecule has 6 heterocycles. The Balaban J connectivity index is 1.20. The lowest BCUT2D eigenvalue weighted by molar-refractivity contribution is -0.137. The standard InChI is InChI=1S/C35H31ClF3N11O4/c1-3-24-29(46-12-13-47(26-7-6-25(26)46)32(53)28-30(52)18(2)40-17-41-28)33(54)50-34(44-31(45-50)19-9-11-49-21(14-19)8-10-42-49)48(24)16-27(51)43-23-5-4-20(15-22(23)36)35(37,38)39/h4-5,8-11,14-15,17,25-26,52H,3,6-7,12-13,16H2,1-2H3,(H,43,51)/t25-,26+/m1/s1. The van der Waals surface area contributed by atoms with Crippen molar-refractivity contribution in [3.63, 3.8) is 0 Å². The van der Waals surface area contributed by atoms with Gasteiger partial charge in [-0.1, -0.05) is 18.5 Å². The largest absolute Gasteiger partial charge is 0.504 e. The van der Waals surface area contributed by atoms with Gasteiger partial charge < -0.3 is 24.8 Å². The average molecular weight is 762 g/mol. The van der Waals surface area contributed by atoms with Crippen molar-refractivity contribution in [2.75, 3.05) is 23.3 Å². The maximum Gasteiger partial charge on any atom is 0.416 e. The Morgan fingerprint density at radius 1 is 1.07 bits per heavy atom. The van der Waals surface area contributed by atoms with E-state index in [-0.39, 0.29) is 76.7 Å². The summed E-state index contributed by atoms with van der Waals surface area (Å²) in [6, 6.07) is 7.42. The zero-order chi connectivity index (χ0) is 38.1. The summed E-state index contributed by atoms with van der Waals surface area (Å²) < 4.78 is 44.2. The fraction of sp³-hybridized carbons (Fsp3) is 0.314. The van der Waals surface area contributed by atoms with Gasteiger partial charge in [0, 0.05) is 37.1 Å². The van der Waals surface area contributed by atoms with Gasteiger partial charge in [0.25, 0.3) is 11.5 Å². The van der Waals surface area contributed by atoms with Crippen LogP contribution >= 0.6 is 11.6 Å². The van der Waals surface area contributed by atoms with E-state index in [2.05, 4.69) is 25.5 Å². The number of halogens is 4. The molecule has 0 unspecified atom stereocenters.